The van der Waals surface area contributed by atoms with Crippen molar-refractivity contribution in [1.82, 2.24) is 9.97 Å². The number of rotatable bonds is 8. The van der Waals surface area contributed by atoms with Crippen molar-refractivity contribution in [3.8, 4) is 23.3 Å². The molecule has 1 radical (unpaired) electrons. The van der Waals surface area contributed by atoms with Gasteiger partial charge in [-0.2, -0.15) is 0 Å². The van der Waals surface area contributed by atoms with Gasteiger partial charge in [0.2, 0.25) is 11.8 Å². The summed E-state index contributed by atoms with van der Waals surface area (Å²) in [5.74, 6) is 2.22. The van der Waals surface area contributed by atoms with Gasteiger partial charge < -0.3 is 18.8 Å². The van der Waals surface area contributed by atoms with Crippen LogP contribution in [-0.4, -0.2) is 30.9 Å². The zero-order valence-corrected chi connectivity index (χ0v) is 12.0. The molecule has 0 unspecified atom stereocenters. The predicted molar refractivity (Wildman–Crippen MR) is 77.8 cm³/mol. The second kappa shape index (κ2) is 7.99. The molecule has 6 nitrogen and oxygen atoms in total. The fourth-order valence-corrected chi connectivity index (χ4v) is 1.47. The minimum absolute atomic E-state index is 0.553. The van der Waals surface area contributed by atoms with Gasteiger partial charge in [-0.25, -0.2) is 9.97 Å². The normalized spacial score (nSPS) is 9.81. The van der Waals surface area contributed by atoms with E-state index in [0.717, 1.165) is 0 Å². The molecule has 0 atom stereocenters. The van der Waals surface area contributed by atoms with Gasteiger partial charge >= 0.3 is 7.69 Å². The van der Waals surface area contributed by atoms with Gasteiger partial charge in [-0.15, -0.1) is 0 Å². The Morgan fingerprint density at radius 2 is 1.29 bits per heavy atom. The SMILES string of the molecule is CCOc1ccc(O[B]Oc2ccc(OCC)nc2)cn1. The predicted octanol–water partition coefficient (Wildman–Crippen LogP) is 2.27. The van der Waals surface area contributed by atoms with Crippen LogP contribution in [0.5, 0.6) is 23.3 Å². The van der Waals surface area contributed by atoms with E-state index in [0.29, 0.717) is 36.5 Å². The maximum atomic E-state index is 5.30. The van der Waals surface area contributed by atoms with E-state index in [1.54, 1.807) is 36.7 Å². The van der Waals surface area contributed by atoms with E-state index in [4.69, 9.17) is 18.8 Å². The van der Waals surface area contributed by atoms with E-state index < -0.39 is 0 Å². The summed E-state index contributed by atoms with van der Waals surface area (Å²) in [6.45, 7) is 4.96. The molecule has 0 aliphatic carbocycles. The second-order valence-electron chi connectivity index (χ2n) is 3.86. The highest BCUT2D eigenvalue weighted by Crippen LogP contribution is 2.15. The van der Waals surface area contributed by atoms with Crippen LogP contribution in [0.4, 0.5) is 0 Å². The number of hydrogen-bond acceptors (Lipinski definition) is 6. The minimum Gasteiger partial charge on any atom is -0.525 e. The molecular weight excluding hydrogens is 271 g/mol. The number of ether oxygens (including phenoxy) is 2. The molecule has 2 rings (SSSR count). The van der Waals surface area contributed by atoms with Crippen LogP contribution in [0.15, 0.2) is 36.7 Å². The maximum absolute atomic E-state index is 5.30. The van der Waals surface area contributed by atoms with E-state index in [-0.39, 0.29) is 0 Å². The fraction of sp³-hybridized carbons (Fsp3) is 0.286. The van der Waals surface area contributed by atoms with Gasteiger partial charge in [0.15, 0.2) is 0 Å². The third-order valence-electron chi connectivity index (χ3n) is 2.37. The molecule has 2 aromatic rings. The van der Waals surface area contributed by atoms with Crippen molar-refractivity contribution in [2.75, 3.05) is 13.2 Å². The number of hydrogen-bond donors (Lipinski definition) is 0. The summed E-state index contributed by atoms with van der Waals surface area (Å²) in [7, 11) is 1.22. The first kappa shape index (κ1) is 15.0. The van der Waals surface area contributed by atoms with E-state index >= 15 is 0 Å². The van der Waals surface area contributed by atoms with Crippen molar-refractivity contribution in [1.29, 1.82) is 0 Å². The Labute approximate surface area is 124 Å². The molecule has 7 heteroatoms. The molecule has 0 N–H and O–H groups in total. The van der Waals surface area contributed by atoms with Crippen molar-refractivity contribution < 1.29 is 18.8 Å². The molecule has 0 amide bonds. The van der Waals surface area contributed by atoms with E-state index in [1.165, 1.54) is 7.69 Å². The summed E-state index contributed by atoms with van der Waals surface area (Å²) in [5, 5.41) is 0. The summed E-state index contributed by atoms with van der Waals surface area (Å²) in [4.78, 5) is 8.15. The average Bonchev–Trinajstić information content (AvgIpc) is 2.51. The molecular formula is C14H16BN2O4. The van der Waals surface area contributed by atoms with Gasteiger partial charge in [0.25, 0.3) is 0 Å². The minimum atomic E-state index is 0.553. The van der Waals surface area contributed by atoms with Crippen molar-refractivity contribution >= 4 is 7.69 Å². The van der Waals surface area contributed by atoms with E-state index in [9.17, 15) is 0 Å². The fourth-order valence-electron chi connectivity index (χ4n) is 1.47. The highest BCUT2D eigenvalue weighted by Gasteiger charge is 2.03. The molecule has 21 heavy (non-hydrogen) atoms. The van der Waals surface area contributed by atoms with Crippen molar-refractivity contribution in [3.05, 3.63) is 36.7 Å². The lowest BCUT2D eigenvalue weighted by molar-refractivity contribution is 0.325. The lowest BCUT2D eigenvalue weighted by Gasteiger charge is -2.07. The van der Waals surface area contributed by atoms with Crippen molar-refractivity contribution in [2.45, 2.75) is 13.8 Å². The highest BCUT2D eigenvalue weighted by atomic mass is 16.6. The van der Waals surface area contributed by atoms with Crippen LogP contribution in [0.3, 0.4) is 0 Å². The van der Waals surface area contributed by atoms with Gasteiger partial charge in [0.05, 0.1) is 25.6 Å². The zero-order chi connectivity index (χ0) is 14.9. The lowest BCUT2D eigenvalue weighted by atomic mass is 10.3. The van der Waals surface area contributed by atoms with Gasteiger partial charge in [-0.1, -0.05) is 0 Å². The Morgan fingerprint density at radius 3 is 1.62 bits per heavy atom. The first-order valence-corrected chi connectivity index (χ1v) is 6.64. The van der Waals surface area contributed by atoms with Gasteiger partial charge in [0.1, 0.15) is 11.5 Å². The average molecular weight is 287 g/mol. The molecule has 0 spiro atoms. The number of pyridine rings is 2. The molecule has 0 fully saturated rings. The first-order valence-electron chi connectivity index (χ1n) is 6.64. The smallest absolute Gasteiger partial charge is 0.525 e. The summed E-state index contributed by atoms with van der Waals surface area (Å²) < 4.78 is 21.1. The van der Waals surface area contributed by atoms with Crippen LogP contribution in [-0.2, 0) is 0 Å². The standard InChI is InChI=1S/C14H16BN2O4/c1-3-18-13-7-5-11(9-16-13)20-15-21-12-6-8-14(17-10-12)19-4-2/h5-10H,3-4H2,1-2H3. The van der Waals surface area contributed by atoms with Gasteiger partial charge in [-0.05, 0) is 26.0 Å². The zero-order valence-electron chi connectivity index (χ0n) is 12.0. The third kappa shape index (κ3) is 4.87. The molecule has 0 aliphatic rings. The largest absolute Gasteiger partial charge is 0.658 e. The maximum Gasteiger partial charge on any atom is 0.658 e. The molecule has 0 saturated heterocycles. The first-order chi connectivity index (χ1) is 10.3. The van der Waals surface area contributed by atoms with Crippen LogP contribution in [0.1, 0.15) is 13.8 Å². The summed E-state index contributed by atoms with van der Waals surface area (Å²) >= 11 is 0. The van der Waals surface area contributed by atoms with Crippen LogP contribution in [0.2, 0.25) is 0 Å². The molecule has 0 aliphatic heterocycles. The number of aromatic nitrogens is 2. The Kier molecular flexibility index (Phi) is 5.69. The Hall–Kier alpha value is -2.44. The third-order valence-corrected chi connectivity index (χ3v) is 2.37. The topological polar surface area (TPSA) is 62.7 Å². The Balaban J connectivity index is 1.78. The van der Waals surface area contributed by atoms with Crippen LogP contribution in [0.25, 0.3) is 0 Å². The quantitative estimate of drug-likeness (QED) is 0.694. The highest BCUT2D eigenvalue weighted by molar-refractivity contribution is 6.20. The molecule has 0 bridgehead atoms. The molecule has 109 valence electrons. The Bertz CT molecular complexity index is 484. The van der Waals surface area contributed by atoms with Crippen LogP contribution < -0.4 is 18.8 Å². The van der Waals surface area contributed by atoms with E-state index in [1.807, 2.05) is 13.8 Å². The molecule has 2 heterocycles. The van der Waals surface area contributed by atoms with Gasteiger partial charge in [0, 0.05) is 12.1 Å². The van der Waals surface area contributed by atoms with Crippen LogP contribution >= 0.6 is 0 Å². The molecule has 2 aromatic heterocycles. The van der Waals surface area contributed by atoms with Crippen molar-refractivity contribution in [2.24, 2.45) is 0 Å². The van der Waals surface area contributed by atoms with Crippen LogP contribution in [0, 0.1) is 0 Å². The Morgan fingerprint density at radius 1 is 0.810 bits per heavy atom. The summed E-state index contributed by atoms with van der Waals surface area (Å²) in [5.41, 5.74) is 0. The van der Waals surface area contributed by atoms with E-state index in [2.05, 4.69) is 9.97 Å². The molecule has 0 aromatic carbocycles. The van der Waals surface area contributed by atoms with Crippen molar-refractivity contribution in [3.63, 3.8) is 0 Å². The lowest BCUT2D eigenvalue weighted by Crippen LogP contribution is -2.11. The number of nitrogens with zero attached hydrogens (tertiary/aromatic N) is 2. The summed E-state index contributed by atoms with van der Waals surface area (Å²) in [6, 6.07) is 6.94. The monoisotopic (exact) mass is 287 g/mol. The molecule has 0 saturated carbocycles. The summed E-state index contributed by atoms with van der Waals surface area (Å²) in [6.07, 6.45) is 3.11. The second-order valence-corrected chi connectivity index (χ2v) is 3.86. The van der Waals surface area contributed by atoms with Gasteiger partial charge in [-0.3, -0.25) is 0 Å².